The highest BCUT2D eigenvalue weighted by Gasteiger charge is 2.28. The summed E-state index contributed by atoms with van der Waals surface area (Å²) in [5.41, 5.74) is 0.855. The minimum atomic E-state index is -0.520. The van der Waals surface area contributed by atoms with Gasteiger partial charge in [-0.2, -0.15) is 0 Å². The van der Waals surface area contributed by atoms with Gasteiger partial charge in [-0.3, -0.25) is 9.59 Å². The fourth-order valence-electron chi connectivity index (χ4n) is 4.95. The normalized spacial score (nSPS) is 13.8. The molecule has 0 spiro atoms. The number of methoxy groups -OCH3 is 1. The molecular formula is C35H49N2O6+. The number of aromatic hydroxyl groups is 1. The highest BCUT2D eigenvalue weighted by molar-refractivity contribution is 6.11. The van der Waals surface area contributed by atoms with Gasteiger partial charge in [0.1, 0.15) is 34.2 Å². The van der Waals surface area contributed by atoms with Crippen LogP contribution in [0.4, 0.5) is 0 Å². The van der Waals surface area contributed by atoms with Gasteiger partial charge in [-0.15, -0.1) is 0 Å². The molecule has 1 heterocycles. The molecule has 8 nitrogen and oxygen atoms in total. The van der Waals surface area contributed by atoms with E-state index in [0.29, 0.717) is 28.9 Å². The number of allylic oxidation sites excluding steroid dienone is 1. The Labute approximate surface area is 256 Å². The van der Waals surface area contributed by atoms with Gasteiger partial charge in [0, 0.05) is 12.6 Å². The van der Waals surface area contributed by atoms with Gasteiger partial charge >= 0.3 is 0 Å². The van der Waals surface area contributed by atoms with Crippen LogP contribution in [-0.2, 0) is 4.79 Å². The van der Waals surface area contributed by atoms with Gasteiger partial charge in [0.2, 0.25) is 0 Å². The van der Waals surface area contributed by atoms with Gasteiger partial charge in [-0.1, -0.05) is 44.4 Å². The van der Waals surface area contributed by atoms with Crippen molar-refractivity contribution in [2.75, 3.05) is 47.4 Å². The number of fused-ring (bicyclic) bond motifs is 1. The number of quaternary nitrogens is 1. The lowest BCUT2D eigenvalue weighted by Gasteiger charge is -2.29. The van der Waals surface area contributed by atoms with E-state index in [0.717, 1.165) is 43.7 Å². The van der Waals surface area contributed by atoms with Crippen molar-refractivity contribution in [2.45, 2.75) is 64.9 Å². The Morgan fingerprint density at radius 2 is 1.81 bits per heavy atom. The molecule has 234 valence electrons. The van der Waals surface area contributed by atoms with Gasteiger partial charge in [0.15, 0.2) is 12.3 Å². The standard InChI is InChI=1S/C35H48N2O6/c1-7-8-9-10-21-36-32(39)25-37(4,5)22-11-12-23-42-27-16-13-26(14-17-27)15-18-29(38)33-31(41-6)24-30-28(34(33)40)19-20-35(2,3)43-30/h13-20,24H,7-12,21-23,25H2,1-6H3,(H-,36,38,39,40)/p+1/b18-15+. The first-order valence-electron chi connectivity index (χ1n) is 15.3. The number of hydrogen-bond donors (Lipinski definition) is 2. The quantitative estimate of drug-likeness (QED) is 0.0953. The third-order valence-corrected chi connectivity index (χ3v) is 7.41. The van der Waals surface area contributed by atoms with Crippen molar-refractivity contribution in [2.24, 2.45) is 0 Å². The lowest BCUT2D eigenvalue weighted by atomic mass is 9.97. The largest absolute Gasteiger partial charge is 0.506 e. The molecule has 1 aliphatic rings. The topological polar surface area (TPSA) is 94.1 Å². The van der Waals surface area contributed by atoms with Crippen molar-refractivity contribution in [3.05, 3.63) is 59.2 Å². The molecule has 1 amide bonds. The summed E-state index contributed by atoms with van der Waals surface area (Å²) in [5.74, 6) is 1.05. The van der Waals surface area contributed by atoms with Crippen LogP contribution in [0, 0.1) is 0 Å². The second kappa shape index (κ2) is 15.6. The van der Waals surface area contributed by atoms with Crippen LogP contribution in [-0.4, -0.2) is 74.3 Å². The number of rotatable bonds is 17. The Kier molecular flexibility index (Phi) is 12.2. The van der Waals surface area contributed by atoms with Crippen molar-refractivity contribution in [1.29, 1.82) is 0 Å². The summed E-state index contributed by atoms with van der Waals surface area (Å²) in [6.45, 7) is 8.74. The molecule has 0 saturated carbocycles. The van der Waals surface area contributed by atoms with E-state index in [4.69, 9.17) is 14.2 Å². The van der Waals surface area contributed by atoms with Crippen LogP contribution < -0.4 is 19.5 Å². The molecular weight excluding hydrogens is 544 g/mol. The molecule has 0 fully saturated rings. The fourth-order valence-corrected chi connectivity index (χ4v) is 4.95. The molecule has 1 aliphatic heterocycles. The van der Waals surface area contributed by atoms with E-state index in [-0.39, 0.29) is 28.8 Å². The molecule has 0 atom stereocenters. The van der Waals surface area contributed by atoms with Gasteiger partial charge in [-0.05, 0) is 69.0 Å². The molecule has 0 bridgehead atoms. The molecule has 0 aromatic heterocycles. The van der Waals surface area contributed by atoms with Crippen molar-refractivity contribution in [3.63, 3.8) is 0 Å². The minimum absolute atomic E-state index is 0.0928. The average molecular weight is 594 g/mol. The smallest absolute Gasteiger partial charge is 0.275 e. The molecule has 8 heteroatoms. The van der Waals surface area contributed by atoms with Crippen LogP contribution >= 0.6 is 0 Å². The predicted octanol–water partition coefficient (Wildman–Crippen LogP) is 6.41. The van der Waals surface area contributed by atoms with Gasteiger partial charge in [0.05, 0.1) is 39.9 Å². The Morgan fingerprint density at radius 3 is 2.51 bits per heavy atom. The predicted molar refractivity (Wildman–Crippen MR) is 172 cm³/mol. The summed E-state index contributed by atoms with van der Waals surface area (Å²) in [6, 6.07) is 9.14. The summed E-state index contributed by atoms with van der Waals surface area (Å²) in [7, 11) is 5.63. The molecule has 43 heavy (non-hydrogen) atoms. The average Bonchev–Trinajstić information content (AvgIpc) is 2.95. The maximum atomic E-state index is 13.1. The first-order valence-corrected chi connectivity index (χ1v) is 15.3. The van der Waals surface area contributed by atoms with E-state index < -0.39 is 5.60 Å². The van der Waals surface area contributed by atoms with Gasteiger partial charge in [-0.25, -0.2) is 0 Å². The Hall–Kier alpha value is -3.78. The second-order valence-corrected chi connectivity index (χ2v) is 12.3. The van der Waals surface area contributed by atoms with Gasteiger partial charge in [0.25, 0.3) is 5.91 Å². The molecule has 2 aromatic rings. The number of carbonyl (C=O) groups is 2. The van der Waals surface area contributed by atoms with E-state index >= 15 is 0 Å². The first-order chi connectivity index (χ1) is 20.4. The van der Waals surface area contributed by atoms with Crippen LogP contribution in [0.2, 0.25) is 0 Å². The lowest BCUT2D eigenvalue weighted by molar-refractivity contribution is -0.882. The third-order valence-electron chi connectivity index (χ3n) is 7.41. The summed E-state index contributed by atoms with van der Waals surface area (Å²) >= 11 is 0. The summed E-state index contributed by atoms with van der Waals surface area (Å²) in [5, 5.41) is 13.9. The SMILES string of the molecule is CCCCCCNC(=O)C[N+](C)(C)CCCCOc1ccc(/C=C/C(=O)c2c(OC)cc3c(c2O)C=CC(C)(C)O3)cc1. The van der Waals surface area contributed by atoms with Crippen LogP contribution in [0.5, 0.6) is 23.0 Å². The zero-order valence-corrected chi connectivity index (χ0v) is 26.7. The number of nitrogens with zero attached hydrogens (tertiary/aromatic N) is 1. The molecule has 0 saturated heterocycles. The third kappa shape index (κ3) is 10.5. The maximum absolute atomic E-state index is 13.1. The molecule has 2 N–H and O–H groups in total. The number of phenolic OH excluding ortho intramolecular Hbond substituents is 1. The molecule has 0 aliphatic carbocycles. The van der Waals surface area contributed by atoms with E-state index in [9.17, 15) is 14.7 Å². The number of nitrogens with one attached hydrogen (secondary N) is 1. The van der Waals surface area contributed by atoms with Crippen LogP contribution in [0.15, 0.2) is 42.5 Å². The fraction of sp³-hybridized carbons (Fsp3) is 0.486. The number of amides is 1. The van der Waals surface area contributed by atoms with Crippen molar-refractivity contribution in [3.8, 4) is 23.0 Å². The Morgan fingerprint density at radius 1 is 1.07 bits per heavy atom. The summed E-state index contributed by atoms with van der Waals surface area (Å²) in [4.78, 5) is 25.3. The van der Waals surface area contributed by atoms with Gasteiger partial charge < -0.3 is 29.1 Å². The zero-order valence-electron chi connectivity index (χ0n) is 26.7. The zero-order chi connectivity index (χ0) is 31.5. The number of carbonyl (C=O) groups excluding carboxylic acids is 2. The number of phenols is 1. The van der Waals surface area contributed by atoms with E-state index in [1.54, 1.807) is 18.2 Å². The summed E-state index contributed by atoms with van der Waals surface area (Å²) < 4.78 is 17.9. The Bertz CT molecular complexity index is 1290. The number of hydrogen-bond acceptors (Lipinski definition) is 6. The maximum Gasteiger partial charge on any atom is 0.275 e. The lowest BCUT2D eigenvalue weighted by Crippen LogP contribution is -2.48. The molecule has 0 unspecified atom stereocenters. The van der Waals surface area contributed by atoms with Crippen molar-refractivity contribution >= 4 is 23.8 Å². The van der Waals surface area contributed by atoms with E-state index in [1.807, 2.05) is 44.2 Å². The molecule has 3 rings (SSSR count). The van der Waals surface area contributed by atoms with Crippen LogP contribution in [0.3, 0.4) is 0 Å². The van der Waals surface area contributed by atoms with E-state index in [2.05, 4.69) is 26.3 Å². The first kappa shape index (κ1) is 33.7. The van der Waals surface area contributed by atoms with Crippen LogP contribution in [0.1, 0.15) is 80.8 Å². The second-order valence-electron chi connectivity index (χ2n) is 12.3. The molecule has 0 radical (unpaired) electrons. The highest BCUT2D eigenvalue weighted by atomic mass is 16.5. The molecule has 2 aromatic carbocycles. The number of ketones is 1. The number of benzene rings is 2. The van der Waals surface area contributed by atoms with Crippen LogP contribution in [0.25, 0.3) is 12.2 Å². The highest BCUT2D eigenvalue weighted by Crippen LogP contribution is 2.43. The van der Waals surface area contributed by atoms with Crippen molar-refractivity contribution in [1.82, 2.24) is 5.32 Å². The number of unbranched alkanes of at least 4 members (excludes halogenated alkanes) is 4. The minimum Gasteiger partial charge on any atom is -0.506 e. The van der Waals surface area contributed by atoms with Crippen molar-refractivity contribution < 1.29 is 33.4 Å². The number of ether oxygens (including phenoxy) is 3. The Balaban J connectivity index is 1.45. The van der Waals surface area contributed by atoms with E-state index in [1.165, 1.54) is 32.4 Å². The summed E-state index contributed by atoms with van der Waals surface area (Å²) in [6.07, 6.45) is 13.2. The monoisotopic (exact) mass is 593 g/mol. The number of likely N-dealkylation sites (N-methyl/N-ethyl adjacent to an activating group) is 1.